The quantitative estimate of drug-likeness (QED) is 0.685. The number of amides is 1. The summed E-state index contributed by atoms with van der Waals surface area (Å²) in [5.74, 6) is 1.42. The fourth-order valence-electron chi connectivity index (χ4n) is 3.29. The highest BCUT2D eigenvalue weighted by Crippen LogP contribution is 2.29. The Morgan fingerprint density at radius 2 is 1.50 bits per heavy atom. The molecule has 3 rings (SSSR count). The van der Waals surface area contributed by atoms with Gasteiger partial charge in [-0.2, -0.15) is 0 Å². The molecule has 1 saturated heterocycles. The third-order valence-electron chi connectivity index (χ3n) is 4.80. The molecule has 0 N–H and O–H groups in total. The van der Waals surface area contributed by atoms with Crippen molar-refractivity contribution in [3.8, 4) is 11.5 Å². The van der Waals surface area contributed by atoms with Crippen molar-refractivity contribution in [1.29, 1.82) is 0 Å². The van der Waals surface area contributed by atoms with E-state index >= 15 is 0 Å². The van der Waals surface area contributed by atoms with E-state index in [0.717, 1.165) is 25.9 Å². The number of rotatable bonds is 8. The van der Waals surface area contributed by atoms with Crippen LogP contribution in [-0.4, -0.2) is 50.2 Å². The number of ether oxygens (including phenoxy) is 2. The van der Waals surface area contributed by atoms with Gasteiger partial charge in [0.25, 0.3) is 5.91 Å². The molecule has 150 valence electrons. The second kappa shape index (κ2) is 10.0. The molecule has 0 aromatic heterocycles. The summed E-state index contributed by atoms with van der Waals surface area (Å²) in [6.07, 6.45) is 1.84. The molecular formula is C23H30N2O3. The van der Waals surface area contributed by atoms with E-state index in [1.807, 2.05) is 41.3 Å². The molecule has 0 radical (unpaired) electrons. The van der Waals surface area contributed by atoms with Crippen LogP contribution >= 0.6 is 0 Å². The highest BCUT2D eigenvalue weighted by Gasteiger charge is 2.23. The maximum atomic E-state index is 13.0. The van der Waals surface area contributed by atoms with Crippen LogP contribution in [0.2, 0.25) is 0 Å². The van der Waals surface area contributed by atoms with Crippen LogP contribution in [0.1, 0.15) is 37.0 Å². The Bertz CT molecular complexity index is 756. The summed E-state index contributed by atoms with van der Waals surface area (Å²) in [5, 5.41) is 0. The van der Waals surface area contributed by atoms with Crippen LogP contribution in [0.25, 0.3) is 0 Å². The Morgan fingerprint density at radius 1 is 0.857 bits per heavy atom. The lowest BCUT2D eigenvalue weighted by Crippen LogP contribution is -2.48. The van der Waals surface area contributed by atoms with Gasteiger partial charge in [-0.05, 0) is 43.2 Å². The molecule has 0 saturated carbocycles. The van der Waals surface area contributed by atoms with Gasteiger partial charge in [0.15, 0.2) is 11.5 Å². The summed E-state index contributed by atoms with van der Waals surface area (Å²) in [6.45, 7) is 8.49. The summed E-state index contributed by atoms with van der Waals surface area (Å²) in [6, 6.07) is 15.9. The van der Waals surface area contributed by atoms with E-state index in [-0.39, 0.29) is 5.91 Å². The molecule has 1 amide bonds. The van der Waals surface area contributed by atoms with Crippen molar-refractivity contribution in [2.75, 3.05) is 44.3 Å². The summed E-state index contributed by atoms with van der Waals surface area (Å²) < 4.78 is 11.6. The van der Waals surface area contributed by atoms with Crippen LogP contribution in [0.5, 0.6) is 11.5 Å². The summed E-state index contributed by atoms with van der Waals surface area (Å²) >= 11 is 0. The van der Waals surface area contributed by atoms with Crippen LogP contribution in [0.15, 0.2) is 48.5 Å². The van der Waals surface area contributed by atoms with Crippen LogP contribution < -0.4 is 14.4 Å². The lowest BCUT2D eigenvalue weighted by molar-refractivity contribution is 0.0746. The standard InChI is InChI=1S/C23H30N2O3/c1-3-16-27-21-11-10-19(18-22(21)28-17-4-2)23(26)25-14-12-24(13-15-25)20-8-6-5-7-9-20/h5-11,18H,3-4,12-17H2,1-2H3. The van der Waals surface area contributed by atoms with Crippen LogP contribution in [0.3, 0.4) is 0 Å². The third-order valence-corrected chi connectivity index (χ3v) is 4.80. The molecular weight excluding hydrogens is 352 g/mol. The number of nitrogens with zero attached hydrogens (tertiary/aromatic N) is 2. The second-order valence-electron chi connectivity index (χ2n) is 6.97. The van der Waals surface area contributed by atoms with E-state index in [9.17, 15) is 4.79 Å². The first-order valence-corrected chi connectivity index (χ1v) is 10.2. The normalized spacial score (nSPS) is 14.1. The molecule has 0 bridgehead atoms. The van der Waals surface area contributed by atoms with E-state index in [1.165, 1.54) is 5.69 Å². The molecule has 1 heterocycles. The summed E-state index contributed by atoms with van der Waals surface area (Å²) in [4.78, 5) is 17.2. The average molecular weight is 383 g/mol. The molecule has 0 unspecified atom stereocenters. The number of anilines is 1. The molecule has 0 atom stereocenters. The van der Waals surface area contributed by atoms with Crippen molar-refractivity contribution in [1.82, 2.24) is 4.90 Å². The Balaban J connectivity index is 1.66. The van der Waals surface area contributed by atoms with E-state index in [4.69, 9.17) is 9.47 Å². The zero-order valence-corrected chi connectivity index (χ0v) is 16.9. The van der Waals surface area contributed by atoms with E-state index in [2.05, 4.69) is 30.9 Å². The maximum Gasteiger partial charge on any atom is 0.254 e. The van der Waals surface area contributed by atoms with Gasteiger partial charge in [0, 0.05) is 37.4 Å². The number of hydrogen-bond acceptors (Lipinski definition) is 4. The van der Waals surface area contributed by atoms with E-state index in [0.29, 0.717) is 43.4 Å². The van der Waals surface area contributed by atoms with Gasteiger partial charge in [0.2, 0.25) is 0 Å². The van der Waals surface area contributed by atoms with E-state index < -0.39 is 0 Å². The molecule has 0 spiro atoms. The lowest BCUT2D eigenvalue weighted by Gasteiger charge is -2.36. The topological polar surface area (TPSA) is 42.0 Å². The van der Waals surface area contributed by atoms with Gasteiger partial charge in [-0.1, -0.05) is 32.0 Å². The molecule has 28 heavy (non-hydrogen) atoms. The number of para-hydroxylation sites is 1. The smallest absolute Gasteiger partial charge is 0.254 e. The Morgan fingerprint density at radius 3 is 2.14 bits per heavy atom. The largest absolute Gasteiger partial charge is 0.490 e. The monoisotopic (exact) mass is 382 g/mol. The minimum absolute atomic E-state index is 0.0519. The van der Waals surface area contributed by atoms with Gasteiger partial charge < -0.3 is 19.3 Å². The van der Waals surface area contributed by atoms with Gasteiger partial charge in [0.1, 0.15) is 0 Å². The van der Waals surface area contributed by atoms with Crippen LogP contribution in [0, 0.1) is 0 Å². The second-order valence-corrected chi connectivity index (χ2v) is 6.97. The van der Waals surface area contributed by atoms with Crippen molar-refractivity contribution in [3.05, 3.63) is 54.1 Å². The minimum atomic E-state index is 0.0519. The first-order valence-electron chi connectivity index (χ1n) is 10.2. The Kier molecular flexibility index (Phi) is 7.18. The molecule has 0 aliphatic carbocycles. The first kappa shape index (κ1) is 20.1. The van der Waals surface area contributed by atoms with Crippen molar-refractivity contribution in [2.45, 2.75) is 26.7 Å². The SMILES string of the molecule is CCCOc1ccc(C(=O)N2CCN(c3ccccc3)CC2)cc1OCCC. The predicted octanol–water partition coefficient (Wildman–Crippen LogP) is 4.23. The molecule has 2 aromatic rings. The zero-order valence-electron chi connectivity index (χ0n) is 16.9. The van der Waals surface area contributed by atoms with Gasteiger partial charge >= 0.3 is 0 Å². The maximum absolute atomic E-state index is 13.0. The highest BCUT2D eigenvalue weighted by molar-refractivity contribution is 5.95. The molecule has 1 aliphatic heterocycles. The van der Waals surface area contributed by atoms with Gasteiger partial charge in [-0.25, -0.2) is 0 Å². The minimum Gasteiger partial charge on any atom is -0.490 e. The fraction of sp³-hybridized carbons (Fsp3) is 0.435. The number of hydrogen-bond donors (Lipinski definition) is 0. The van der Waals surface area contributed by atoms with Gasteiger partial charge in [-0.3, -0.25) is 4.79 Å². The number of carbonyl (C=O) groups excluding carboxylic acids is 1. The third kappa shape index (κ3) is 4.97. The molecule has 5 nitrogen and oxygen atoms in total. The molecule has 1 fully saturated rings. The van der Waals surface area contributed by atoms with Crippen LogP contribution in [-0.2, 0) is 0 Å². The summed E-state index contributed by atoms with van der Waals surface area (Å²) in [5.41, 5.74) is 1.87. The van der Waals surface area contributed by atoms with Gasteiger partial charge in [0.05, 0.1) is 13.2 Å². The van der Waals surface area contributed by atoms with Crippen molar-refractivity contribution in [2.24, 2.45) is 0 Å². The highest BCUT2D eigenvalue weighted by atomic mass is 16.5. The molecule has 2 aromatic carbocycles. The average Bonchev–Trinajstić information content (AvgIpc) is 2.76. The van der Waals surface area contributed by atoms with Crippen molar-refractivity contribution < 1.29 is 14.3 Å². The molecule has 5 heteroatoms. The number of carbonyl (C=O) groups is 1. The zero-order chi connectivity index (χ0) is 19.8. The first-order chi connectivity index (χ1) is 13.7. The predicted molar refractivity (Wildman–Crippen MR) is 113 cm³/mol. The Hall–Kier alpha value is -2.69. The molecule has 1 aliphatic rings. The Labute approximate surface area is 167 Å². The van der Waals surface area contributed by atoms with Crippen LogP contribution in [0.4, 0.5) is 5.69 Å². The fourth-order valence-corrected chi connectivity index (χ4v) is 3.29. The summed E-state index contributed by atoms with van der Waals surface area (Å²) in [7, 11) is 0. The lowest BCUT2D eigenvalue weighted by atomic mass is 10.1. The number of benzene rings is 2. The number of piperazine rings is 1. The van der Waals surface area contributed by atoms with Crippen molar-refractivity contribution in [3.63, 3.8) is 0 Å². The van der Waals surface area contributed by atoms with E-state index in [1.54, 1.807) is 0 Å². The van der Waals surface area contributed by atoms with Gasteiger partial charge in [-0.15, -0.1) is 0 Å². The van der Waals surface area contributed by atoms with Crippen molar-refractivity contribution >= 4 is 11.6 Å².